The predicted octanol–water partition coefficient (Wildman–Crippen LogP) is 7.09. The number of nitrogens with zero attached hydrogens (tertiary/aromatic N) is 3. The topological polar surface area (TPSA) is 77.9 Å². The fraction of sp³-hybridized carbons (Fsp3) is 0.333. The summed E-state index contributed by atoms with van der Waals surface area (Å²) in [6, 6.07) is 19.0. The minimum atomic E-state index is -0.137. The molecule has 4 aromatic rings. The number of ether oxygens (including phenoxy) is 3. The number of nitrogens with one attached hydrogen (secondary N) is 1. The summed E-state index contributed by atoms with van der Waals surface area (Å²) >= 11 is 6.32. The van der Waals surface area contributed by atoms with E-state index in [1.807, 2.05) is 43.5 Å². The fourth-order valence-electron chi connectivity index (χ4n) is 5.11. The molecule has 42 heavy (non-hydrogen) atoms. The van der Waals surface area contributed by atoms with E-state index in [1.54, 1.807) is 31.5 Å². The summed E-state index contributed by atoms with van der Waals surface area (Å²) in [6.45, 7) is 4.90. The van der Waals surface area contributed by atoms with Crippen LogP contribution in [-0.4, -0.2) is 47.2 Å². The van der Waals surface area contributed by atoms with Gasteiger partial charge in [-0.25, -0.2) is 4.98 Å². The molecule has 1 aromatic heterocycles. The van der Waals surface area contributed by atoms with Crippen LogP contribution in [0.2, 0.25) is 5.02 Å². The Labute approximate surface area is 252 Å². The van der Waals surface area contributed by atoms with Gasteiger partial charge in [-0.15, -0.1) is 0 Å². The molecule has 5 rings (SSSR count). The predicted molar refractivity (Wildman–Crippen MR) is 165 cm³/mol. The molecule has 0 saturated carbocycles. The molecule has 2 heterocycles. The zero-order valence-electron chi connectivity index (χ0n) is 24.1. The molecule has 0 unspecified atom stereocenters. The summed E-state index contributed by atoms with van der Waals surface area (Å²) in [5.74, 6) is 3.39. The lowest BCUT2D eigenvalue weighted by atomic mass is 10.1. The van der Waals surface area contributed by atoms with Gasteiger partial charge in [-0.05, 0) is 74.3 Å². The third-order valence-corrected chi connectivity index (χ3v) is 7.53. The van der Waals surface area contributed by atoms with Gasteiger partial charge >= 0.3 is 0 Å². The number of imidazole rings is 1. The van der Waals surface area contributed by atoms with Crippen molar-refractivity contribution in [2.45, 2.75) is 45.7 Å². The molecule has 1 aliphatic heterocycles. The average Bonchev–Trinajstić information content (AvgIpc) is 3.38. The van der Waals surface area contributed by atoms with E-state index in [0.29, 0.717) is 47.7 Å². The lowest BCUT2D eigenvalue weighted by Crippen LogP contribution is -2.33. The number of halogens is 1. The fourth-order valence-corrected chi connectivity index (χ4v) is 5.28. The van der Waals surface area contributed by atoms with Gasteiger partial charge in [0.05, 0.1) is 32.5 Å². The molecule has 1 aliphatic rings. The number of para-hydroxylation sites is 2. The molecule has 0 aliphatic carbocycles. The third kappa shape index (κ3) is 7.84. The minimum absolute atomic E-state index is 0.137. The molecule has 0 spiro atoms. The Balaban J connectivity index is 1.36. The lowest BCUT2D eigenvalue weighted by molar-refractivity contribution is -0.117. The molecule has 1 N–H and O–H groups in total. The largest absolute Gasteiger partial charge is 0.496 e. The van der Waals surface area contributed by atoms with Crippen molar-refractivity contribution < 1.29 is 19.0 Å². The average molecular weight is 589 g/mol. The van der Waals surface area contributed by atoms with Crippen LogP contribution in [0.3, 0.4) is 0 Å². The molecule has 0 fully saturated rings. The van der Waals surface area contributed by atoms with Gasteiger partial charge in [0.15, 0.2) is 17.2 Å². The second-order valence-electron chi connectivity index (χ2n) is 10.5. The zero-order valence-corrected chi connectivity index (χ0v) is 24.9. The van der Waals surface area contributed by atoms with Crippen molar-refractivity contribution in [1.29, 1.82) is 0 Å². The Kier molecular flexibility index (Phi) is 10.0. The number of amides is 1. The first-order valence-electron chi connectivity index (χ1n) is 14.3. The summed E-state index contributed by atoms with van der Waals surface area (Å²) in [4.78, 5) is 19.9. The number of fused-ring (bicyclic) bond motifs is 2. The maximum absolute atomic E-state index is 13.4. The maximum atomic E-state index is 13.4. The highest BCUT2D eigenvalue weighted by Gasteiger charge is 2.17. The normalized spacial score (nSPS) is 15.1. The van der Waals surface area contributed by atoms with Gasteiger partial charge in [0, 0.05) is 29.5 Å². The number of aryl methyl sites for hydroxylation is 1. The van der Waals surface area contributed by atoms with Gasteiger partial charge in [-0.3, -0.25) is 9.69 Å². The number of carbonyl (C=O) groups is 1. The Bertz CT molecular complexity index is 1510. The number of hydrogen-bond donors (Lipinski definition) is 1. The van der Waals surface area contributed by atoms with E-state index < -0.39 is 0 Å². The number of rotatable bonds is 5. The molecule has 9 heteroatoms. The van der Waals surface area contributed by atoms with Crippen molar-refractivity contribution in [3.05, 3.63) is 95.0 Å². The maximum Gasteiger partial charge on any atom is 0.238 e. The first-order chi connectivity index (χ1) is 20.5. The number of benzene rings is 3. The van der Waals surface area contributed by atoms with E-state index in [4.69, 9.17) is 25.8 Å². The quantitative estimate of drug-likeness (QED) is 0.268. The highest BCUT2D eigenvalue weighted by atomic mass is 35.5. The molecule has 3 aromatic carbocycles. The van der Waals surface area contributed by atoms with Gasteiger partial charge in [0.25, 0.3) is 0 Å². The smallest absolute Gasteiger partial charge is 0.238 e. The van der Waals surface area contributed by atoms with Crippen LogP contribution < -0.4 is 19.5 Å². The van der Waals surface area contributed by atoms with Crippen molar-refractivity contribution in [3.8, 4) is 23.0 Å². The monoisotopic (exact) mass is 588 g/mol. The highest BCUT2D eigenvalue weighted by Crippen LogP contribution is 2.36. The second kappa shape index (κ2) is 14.2. The summed E-state index contributed by atoms with van der Waals surface area (Å²) in [5.41, 5.74) is 2.69. The van der Waals surface area contributed by atoms with Crippen LogP contribution >= 0.6 is 11.6 Å². The molecule has 0 bridgehead atoms. The number of aromatic nitrogens is 2. The van der Waals surface area contributed by atoms with Gasteiger partial charge < -0.3 is 24.1 Å². The van der Waals surface area contributed by atoms with Crippen LogP contribution in [0.25, 0.3) is 0 Å². The van der Waals surface area contributed by atoms with Crippen molar-refractivity contribution in [2.75, 3.05) is 32.1 Å². The van der Waals surface area contributed by atoms with Crippen molar-refractivity contribution in [1.82, 2.24) is 14.5 Å². The van der Waals surface area contributed by atoms with Gasteiger partial charge in [0.1, 0.15) is 11.6 Å². The van der Waals surface area contributed by atoms with E-state index in [1.165, 1.54) is 0 Å². The summed E-state index contributed by atoms with van der Waals surface area (Å²) in [7, 11) is 1.69. The van der Waals surface area contributed by atoms with Crippen molar-refractivity contribution in [2.24, 2.45) is 0 Å². The van der Waals surface area contributed by atoms with Crippen LogP contribution in [0.15, 0.2) is 73.1 Å². The standard InChI is InChI=1S/C33H37ClN4O4/c1-24-35-15-17-38(24)22-26-19-25(11-13-29(26)40-2)21-37-16-7-3-4-8-18-41-31-9-5-6-10-32(31)42-30-14-12-27(34)20-28(30)36-33(39)23-37/h5-6,9-15,17,19-20H,3-4,7-8,16,18,21-23H2,1-2H3,(H,36,39). The van der Waals surface area contributed by atoms with Crippen LogP contribution in [-0.2, 0) is 17.9 Å². The molecule has 8 nitrogen and oxygen atoms in total. The summed E-state index contributed by atoms with van der Waals surface area (Å²) in [5, 5.41) is 3.54. The van der Waals surface area contributed by atoms with Crippen LogP contribution in [0, 0.1) is 6.92 Å². The lowest BCUT2D eigenvalue weighted by Gasteiger charge is -2.23. The molecule has 0 atom stereocenters. The van der Waals surface area contributed by atoms with E-state index >= 15 is 0 Å². The number of methoxy groups -OCH3 is 1. The SMILES string of the molecule is COc1ccc(CN2CCCCCCOc3ccccc3Oc3ccc(Cl)cc3NC(=O)C2)cc1Cn1ccnc1C. The third-order valence-electron chi connectivity index (χ3n) is 7.29. The summed E-state index contributed by atoms with van der Waals surface area (Å²) < 4.78 is 20.0. The van der Waals surface area contributed by atoms with Crippen LogP contribution in [0.5, 0.6) is 23.0 Å². The number of anilines is 1. The molecule has 0 radical (unpaired) electrons. The highest BCUT2D eigenvalue weighted by molar-refractivity contribution is 6.31. The zero-order chi connectivity index (χ0) is 29.3. The Hall–Kier alpha value is -4.01. The number of hydrogen-bond acceptors (Lipinski definition) is 6. The number of carbonyl (C=O) groups excluding carboxylic acids is 1. The van der Waals surface area contributed by atoms with Crippen molar-refractivity contribution in [3.63, 3.8) is 0 Å². The Morgan fingerprint density at radius 2 is 1.81 bits per heavy atom. The molecule has 0 saturated heterocycles. The molecular formula is C33H37ClN4O4. The first kappa shape index (κ1) is 29.5. The first-order valence-corrected chi connectivity index (χ1v) is 14.7. The van der Waals surface area contributed by atoms with E-state index in [9.17, 15) is 4.79 Å². The van der Waals surface area contributed by atoms with Crippen LogP contribution in [0.4, 0.5) is 5.69 Å². The molecule has 220 valence electrons. The Morgan fingerprint density at radius 1 is 0.976 bits per heavy atom. The summed E-state index contributed by atoms with van der Waals surface area (Å²) in [6.07, 6.45) is 7.78. The van der Waals surface area contributed by atoms with Crippen molar-refractivity contribution >= 4 is 23.2 Å². The van der Waals surface area contributed by atoms with Crippen LogP contribution in [0.1, 0.15) is 42.6 Å². The van der Waals surface area contributed by atoms with Gasteiger partial charge in [0.2, 0.25) is 5.91 Å². The van der Waals surface area contributed by atoms with E-state index in [-0.39, 0.29) is 12.5 Å². The van der Waals surface area contributed by atoms with Gasteiger partial charge in [-0.2, -0.15) is 0 Å². The molecule has 1 amide bonds. The Morgan fingerprint density at radius 3 is 2.62 bits per heavy atom. The minimum Gasteiger partial charge on any atom is -0.496 e. The van der Waals surface area contributed by atoms with Gasteiger partial charge in [-0.1, -0.05) is 42.6 Å². The second-order valence-corrected chi connectivity index (χ2v) is 10.9. The van der Waals surface area contributed by atoms with E-state index in [0.717, 1.165) is 54.9 Å². The van der Waals surface area contributed by atoms with E-state index in [2.05, 4.69) is 31.9 Å². The molecular weight excluding hydrogens is 552 g/mol.